The first kappa shape index (κ1) is 19.1. The number of nitrogens with zero attached hydrogens (tertiary/aromatic N) is 1. The number of hydrogen-bond donors (Lipinski definition) is 1. The molecule has 5 nitrogen and oxygen atoms in total. The summed E-state index contributed by atoms with van der Waals surface area (Å²) in [6, 6.07) is 13.4. The van der Waals surface area contributed by atoms with Crippen LogP contribution in [-0.2, 0) is 19.9 Å². The van der Waals surface area contributed by atoms with Crippen LogP contribution in [-0.4, -0.2) is 18.7 Å². The number of nitrogens with one attached hydrogen (secondary N) is 1. The van der Waals surface area contributed by atoms with E-state index in [0.717, 1.165) is 36.8 Å². The highest BCUT2D eigenvalue weighted by Gasteiger charge is 2.25. The van der Waals surface area contributed by atoms with Crippen LogP contribution in [0.15, 0.2) is 62.1 Å². The Labute approximate surface area is 156 Å². The Balaban J connectivity index is 2.09. The van der Waals surface area contributed by atoms with Crippen LogP contribution in [0, 0.1) is 13.8 Å². The second-order valence-electron chi connectivity index (χ2n) is 6.80. The molecule has 1 fully saturated rings. The van der Waals surface area contributed by atoms with Crippen LogP contribution in [0.4, 0.5) is 0 Å². The third-order valence-corrected chi connectivity index (χ3v) is 8.60. The van der Waals surface area contributed by atoms with Crippen molar-refractivity contribution in [3.05, 3.63) is 59.7 Å². The molecule has 1 saturated carbocycles. The monoisotopic (exact) mass is 392 g/mol. The van der Waals surface area contributed by atoms with Gasteiger partial charge in [0.25, 0.3) is 10.0 Å². The van der Waals surface area contributed by atoms with Gasteiger partial charge in [0.1, 0.15) is 0 Å². The van der Waals surface area contributed by atoms with E-state index in [0.29, 0.717) is 4.90 Å². The molecule has 0 aromatic heterocycles. The van der Waals surface area contributed by atoms with Crippen LogP contribution in [0.25, 0.3) is 0 Å². The maximum atomic E-state index is 13.7. The zero-order valence-electron chi connectivity index (χ0n) is 15.0. The number of hydrogen-bond acceptors (Lipinski definition) is 3. The second kappa shape index (κ2) is 7.50. The first-order valence-electron chi connectivity index (χ1n) is 8.73. The van der Waals surface area contributed by atoms with Crippen molar-refractivity contribution in [2.24, 2.45) is 3.77 Å². The Morgan fingerprint density at radius 3 is 1.77 bits per heavy atom. The largest absolute Gasteiger partial charge is 0.291 e. The van der Waals surface area contributed by atoms with Gasteiger partial charge < -0.3 is 0 Å². The highest BCUT2D eigenvalue weighted by atomic mass is 32.3. The van der Waals surface area contributed by atoms with Crippen LogP contribution in [0.1, 0.15) is 36.8 Å². The van der Waals surface area contributed by atoms with Gasteiger partial charge >= 0.3 is 0 Å². The molecule has 2 aromatic carbocycles. The average molecular weight is 393 g/mol. The summed E-state index contributed by atoms with van der Waals surface area (Å²) in [5.74, 6) is 0. The fourth-order valence-corrected chi connectivity index (χ4v) is 6.79. The van der Waals surface area contributed by atoms with E-state index in [1.807, 2.05) is 26.0 Å². The first-order chi connectivity index (χ1) is 12.3. The Morgan fingerprint density at radius 1 is 0.808 bits per heavy atom. The van der Waals surface area contributed by atoms with Crippen molar-refractivity contribution in [3.63, 3.8) is 0 Å². The van der Waals surface area contributed by atoms with Crippen LogP contribution < -0.4 is 4.72 Å². The lowest BCUT2D eigenvalue weighted by Crippen LogP contribution is -2.33. The minimum absolute atomic E-state index is 0.0146. The van der Waals surface area contributed by atoms with Crippen molar-refractivity contribution >= 4 is 19.9 Å². The molecule has 1 unspecified atom stereocenters. The number of aryl methyl sites for hydroxylation is 2. The first-order valence-corrected chi connectivity index (χ1v) is 11.7. The van der Waals surface area contributed by atoms with Crippen LogP contribution >= 0.6 is 0 Å². The highest BCUT2D eigenvalue weighted by Crippen LogP contribution is 2.24. The van der Waals surface area contributed by atoms with E-state index in [4.69, 9.17) is 0 Å². The highest BCUT2D eigenvalue weighted by molar-refractivity contribution is 8.02. The smallest absolute Gasteiger partial charge is 0.228 e. The van der Waals surface area contributed by atoms with Gasteiger partial charge in [-0.2, -0.15) is 8.42 Å². The van der Waals surface area contributed by atoms with Gasteiger partial charge in [0.15, 0.2) is 9.92 Å². The number of benzene rings is 2. The molecule has 3 rings (SSSR count). The Kier molecular flexibility index (Phi) is 5.50. The zero-order chi connectivity index (χ0) is 18.8. The van der Waals surface area contributed by atoms with Gasteiger partial charge in [-0.3, -0.25) is 0 Å². The van der Waals surface area contributed by atoms with Crippen LogP contribution in [0.5, 0.6) is 0 Å². The molecule has 7 heteroatoms. The van der Waals surface area contributed by atoms with Crippen molar-refractivity contribution < 1.29 is 12.6 Å². The maximum absolute atomic E-state index is 13.7. The quantitative estimate of drug-likeness (QED) is 0.836. The predicted octanol–water partition coefficient (Wildman–Crippen LogP) is 3.97. The molecular formula is C19H24N2O3S2. The molecule has 0 amide bonds. The molecule has 1 aliphatic rings. The molecule has 140 valence electrons. The summed E-state index contributed by atoms with van der Waals surface area (Å²) < 4.78 is 46.2. The van der Waals surface area contributed by atoms with E-state index < -0.39 is 19.9 Å². The SMILES string of the molecule is Cc1ccc(S(=O)(=O)N=S(=O)(NC2CCCC2)c2ccc(C)cc2)cc1. The van der Waals surface area contributed by atoms with Gasteiger partial charge in [-0.05, 0) is 51.0 Å². The van der Waals surface area contributed by atoms with Crippen LogP contribution in [0.2, 0.25) is 0 Å². The molecule has 0 saturated heterocycles. The normalized spacial score (nSPS) is 17.8. The summed E-state index contributed by atoms with van der Waals surface area (Å²) in [6.07, 6.45) is 3.85. The summed E-state index contributed by atoms with van der Waals surface area (Å²) in [5.41, 5.74) is 1.96. The third-order valence-electron chi connectivity index (χ3n) is 4.54. The molecule has 1 aliphatic carbocycles. The maximum Gasteiger partial charge on any atom is 0.291 e. The van der Waals surface area contributed by atoms with Crippen molar-refractivity contribution in [2.45, 2.75) is 55.4 Å². The summed E-state index contributed by atoms with van der Waals surface area (Å²) in [6.45, 7) is 3.81. The summed E-state index contributed by atoms with van der Waals surface area (Å²) >= 11 is 0. The minimum atomic E-state index is -4.05. The molecule has 0 heterocycles. The predicted molar refractivity (Wildman–Crippen MR) is 104 cm³/mol. The van der Waals surface area contributed by atoms with E-state index in [-0.39, 0.29) is 10.9 Å². The number of rotatable bonds is 5. The lowest BCUT2D eigenvalue weighted by atomic mass is 10.2. The lowest BCUT2D eigenvalue weighted by Gasteiger charge is -2.17. The summed E-state index contributed by atoms with van der Waals surface area (Å²) in [5, 5.41) is 0. The molecule has 0 radical (unpaired) electrons. The zero-order valence-corrected chi connectivity index (χ0v) is 16.6. The third kappa shape index (κ3) is 4.34. The Hall–Kier alpha value is -1.70. The van der Waals surface area contributed by atoms with E-state index >= 15 is 0 Å². The van der Waals surface area contributed by atoms with Crippen LogP contribution in [0.3, 0.4) is 0 Å². The molecule has 2 aromatic rings. The van der Waals surface area contributed by atoms with E-state index in [9.17, 15) is 12.6 Å². The molecule has 26 heavy (non-hydrogen) atoms. The summed E-state index contributed by atoms with van der Waals surface area (Å²) in [7, 11) is -7.34. The topological polar surface area (TPSA) is 75.6 Å². The van der Waals surface area contributed by atoms with Crippen molar-refractivity contribution in [2.75, 3.05) is 0 Å². The van der Waals surface area contributed by atoms with E-state index in [1.54, 1.807) is 24.3 Å². The van der Waals surface area contributed by atoms with Crippen molar-refractivity contribution in [3.8, 4) is 0 Å². The fraction of sp³-hybridized carbons (Fsp3) is 0.368. The molecule has 0 bridgehead atoms. The number of sulfonamides is 1. The fourth-order valence-electron chi connectivity index (χ4n) is 3.02. The summed E-state index contributed by atoms with van der Waals surface area (Å²) in [4.78, 5) is 0.446. The van der Waals surface area contributed by atoms with E-state index in [2.05, 4.69) is 8.49 Å². The molecule has 1 atom stereocenters. The molecule has 0 spiro atoms. The van der Waals surface area contributed by atoms with Gasteiger partial charge in [-0.15, -0.1) is 0 Å². The van der Waals surface area contributed by atoms with E-state index in [1.165, 1.54) is 12.1 Å². The molecule has 0 aliphatic heterocycles. The average Bonchev–Trinajstić information content (AvgIpc) is 3.08. The van der Waals surface area contributed by atoms with Gasteiger partial charge in [0.05, 0.1) is 9.79 Å². The second-order valence-corrected chi connectivity index (χ2v) is 10.6. The standard InChI is InChI=1S/C19H24N2O3S2/c1-15-7-11-18(12-8-15)25(22,20-17-5-3-4-6-17)21-26(23,24)19-13-9-16(2)10-14-19/h7-14,17H,3-6H2,1-2H3,(H,20,21,22). The lowest BCUT2D eigenvalue weighted by molar-refractivity contribution is 0.594. The van der Waals surface area contributed by atoms with Gasteiger partial charge in [0.2, 0.25) is 0 Å². The Bertz CT molecular complexity index is 982. The van der Waals surface area contributed by atoms with Gasteiger partial charge in [0, 0.05) is 6.04 Å². The minimum Gasteiger partial charge on any atom is -0.228 e. The van der Waals surface area contributed by atoms with Gasteiger partial charge in [-0.25, -0.2) is 8.93 Å². The molecular weight excluding hydrogens is 368 g/mol. The van der Waals surface area contributed by atoms with Crippen molar-refractivity contribution in [1.29, 1.82) is 0 Å². The molecule has 1 N–H and O–H groups in total. The van der Waals surface area contributed by atoms with Crippen molar-refractivity contribution in [1.82, 2.24) is 4.72 Å². The van der Waals surface area contributed by atoms with Gasteiger partial charge in [-0.1, -0.05) is 52.0 Å². The Morgan fingerprint density at radius 2 is 1.27 bits per heavy atom.